The molecule has 0 bridgehead atoms. The Bertz CT molecular complexity index is 559. The fraction of sp³-hybridized carbons (Fsp3) is 0.600. The predicted molar refractivity (Wildman–Crippen MR) is 82.4 cm³/mol. The molecule has 0 amide bonds. The zero-order valence-corrected chi connectivity index (χ0v) is 13.6. The van der Waals surface area contributed by atoms with E-state index in [0.29, 0.717) is 16.7 Å². The average molecular weight is 316 g/mol. The van der Waals surface area contributed by atoms with Gasteiger partial charge in [0.15, 0.2) is 0 Å². The maximum Gasteiger partial charge on any atom is 0.243 e. The van der Waals surface area contributed by atoms with Crippen molar-refractivity contribution in [3.8, 4) is 0 Å². The second kappa shape index (κ2) is 6.46. The van der Waals surface area contributed by atoms with Gasteiger partial charge in [-0.1, -0.05) is 31.9 Å². The first-order valence-electron chi connectivity index (χ1n) is 7.08. The van der Waals surface area contributed by atoms with Crippen molar-refractivity contribution < 1.29 is 8.42 Å². The van der Waals surface area contributed by atoms with Crippen LogP contribution in [0.1, 0.15) is 38.2 Å². The quantitative estimate of drug-likeness (QED) is 0.796. The molecule has 3 nitrogen and oxygen atoms in total. The average Bonchev–Trinajstić information content (AvgIpc) is 2.46. The molecule has 2 rings (SSSR count). The predicted octanol–water partition coefficient (Wildman–Crippen LogP) is 3.62. The van der Waals surface area contributed by atoms with E-state index in [1.165, 1.54) is 6.42 Å². The molecule has 0 N–H and O–H groups in total. The topological polar surface area (TPSA) is 37.4 Å². The number of sulfonamides is 1. The Hall–Kier alpha value is -0.580. The standard InChI is InChI=1S/C15H22ClNO2S/c1-12-5-3-7-14(9-12)17(2)20(18,19)15-8-4-6-13(10-15)11-16/h4,6,8,10,12,14H,3,5,7,9,11H2,1-2H3. The monoisotopic (exact) mass is 315 g/mol. The zero-order valence-electron chi connectivity index (χ0n) is 12.0. The summed E-state index contributed by atoms with van der Waals surface area (Å²) in [7, 11) is -1.72. The molecule has 2 atom stereocenters. The highest BCUT2D eigenvalue weighted by Gasteiger charge is 2.30. The number of nitrogens with zero attached hydrogens (tertiary/aromatic N) is 1. The van der Waals surface area contributed by atoms with Crippen LogP contribution in [0, 0.1) is 5.92 Å². The molecule has 0 saturated heterocycles. The van der Waals surface area contributed by atoms with Crippen molar-refractivity contribution in [3.63, 3.8) is 0 Å². The van der Waals surface area contributed by atoms with Gasteiger partial charge in [-0.2, -0.15) is 4.31 Å². The Kier molecular flexibility index (Phi) is 5.10. The van der Waals surface area contributed by atoms with E-state index in [-0.39, 0.29) is 6.04 Å². The Morgan fingerprint density at radius 3 is 2.75 bits per heavy atom. The molecule has 1 aromatic rings. The van der Waals surface area contributed by atoms with Crippen LogP contribution in [0.2, 0.25) is 0 Å². The summed E-state index contributed by atoms with van der Waals surface area (Å²) < 4.78 is 26.9. The summed E-state index contributed by atoms with van der Waals surface area (Å²) in [5, 5.41) is 0. The van der Waals surface area contributed by atoms with Gasteiger partial charge in [0, 0.05) is 19.0 Å². The van der Waals surface area contributed by atoms with Crippen LogP contribution in [0.4, 0.5) is 0 Å². The normalized spacial score (nSPS) is 24.0. The SMILES string of the molecule is CC1CCCC(N(C)S(=O)(=O)c2cccc(CCl)c2)C1. The van der Waals surface area contributed by atoms with Gasteiger partial charge < -0.3 is 0 Å². The lowest BCUT2D eigenvalue weighted by Crippen LogP contribution is -2.39. The summed E-state index contributed by atoms with van der Waals surface area (Å²) in [6.07, 6.45) is 4.21. The summed E-state index contributed by atoms with van der Waals surface area (Å²) in [6, 6.07) is 7.03. The third-order valence-corrected chi connectivity index (χ3v) is 6.37. The Morgan fingerprint density at radius 2 is 2.10 bits per heavy atom. The number of rotatable bonds is 4. The molecule has 0 radical (unpaired) electrons. The zero-order chi connectivity index (χ0) is 14.8. The van der Waals surface area contributed by atoms with Gasteiger partial charge in [-0.05, 0) is 36.5 Å². The van der Waals surface area contributed by atoms with Crippen LogP contribution in [0.15, 0.2) is 29.2 Å². The van der Waals surface area contributed by atoms with E-state index in [1.807, 2.05) is 6.07 Å². The first-order chi connectivity index (χ1) is 9.45. The van der Waals surface area contributed by atoms with E-state index in [4.69, 9.17) is 11.6 Å². The fourth-order valence-electron chi connectivity index (χ4n) is 2.88. The molecular formula is C15H22ClNO2S. The molecule has 0 heterocycles. The molecule has 1 aliphatic rings. The van der Waals surface area contributed by atoms with Gasteiger partial charge in [-0.25, -0.2) is 8.42 Å². The molecule has 1 saturated carbocycles. The van der Waals surface area contributed by atoms with Crippen molar-refractivity contribution in [2.45, 2.75) is 49.4 Å². The number of hydrogen-bond acceptors (Lipinski definition) is 2. The summed E-state index contributed by atoms with van der Waals surface area (Å²) in [5.74, 6) is 0.925. The summed E-state index contributed by atoms with van der Waals surface area (Å²) in [6.45, 7) is 2.20. The summed E-state index contributed by atoms with van der Waals surface area (Å²) >= 11 is 5.79. The van der Waals surface area contributed by atoms with Crippen LogP contribution in [0.5, 0.6) is 0 Å². The summed E-state index contributed by atoms with van der Waals surface area (Å²) in [5.41, 5.74) is 0.832. The van der Waals surface area contributed by atoms with E-state index in [9.17, 15) is 8.42 Å². The summed E-state index contributed by atoms with van der Waals surface area (Å²) in [4.78, 5) is 0.344. The van der Waals surface area contributed by atoms with E-state index < -0.39 is 10.0 Å². The maximum atomic E-state index is 12.7. The molecule has 112 valence electrons. The van der Waals surface area contributed by atoms with Crippen molar-refractivity contribution >= 4 is 21.6 Å². The molecule has 0 aromatic heterocycles. The molecule has 0 spiro atoms. The van der Waals surface area contributed by atoms with Crippen molar-refractivity contribution in [2.24, 2.45) is 5.92 Å². The molecule has 1 fully saturated rings. The highest BCUT2D eigenvalue weighted by atomic mass is 35.5. The molecule has 20 heavy (non-hydrogen) atoms. The minimum atomic E-state index is -3.42. The largest absolute Gasteiger partial charge is 0.243 e. The molecule has 0 aliphatic heterocycles. The number of benzene rings is 1. The highest BCUT2D eigenvalue weighted by Crippen LogP contribution is 2.30. The third-order valence-electron chi connectivity index (χ3n) is 4.15. The third kappa shape index (κ3) is 3.35. The number of hydrogen-bond donors (Lipinski definition) is 0. The molecule has 1 aromatic carbocycles. The van der Waals surface area contributed by atoms with Crippen LogP contribution >= 0.6 is 11.6 Å². The minimum Gasteiger partial charge on any atom is -0.207 e. The Labute approximate surface area is 127 Å². The van der Waals surface area contributed by atoms with Crippen LogP contribution in [-0.4, -0.2) is 25.8 Å². The van der Waals surface area contributed by atoms with Crippen LogP contribution in [-0.2, 0) is 15.9 Å². The van der Waals surface area contributed by atoms with Crippen LogP contribution in [0.3, 0.4) is 0 Å². The molecule has 2 unspecified atom stereocenters. The van der Waals surface area contributed by atoms with Gasteiger partial charge >= 0.3 is 0 Å². The number of halogens is 1. The first-order valence-corrected chi connectivity index (χ1v) is 9.05. The van der Waals surface area contributed by atoms with Gasteiger partial charge in [0.2, 0.25) is 10.0 Å². The lowest BCUT2D eigenvalue weighted by Gasteiger charge is -2.33. The van der Waals surface area contributed by atoms with Gasteiger partial charge in [0.1, 0.15) is 0 Å². The first kappa shape index (κ1) is 15.8. The number of alkyl halides is 1. The molecule has 5 heteroatoms. The van der Waals surface area contributed by atoms with Crippen molar-refractivity contribution in [3.05, 3.63) is 29.8 Å². The van der Waals surface area contributed by atoms with Crippen molar-refractivity contribution in [1.29, 1.82) is 0 Å². The van der Waals surface area contributed by atoms with E-state index in [2.05, 4.69) is 6.92 Å². The lowest BCUT2D eigenvalue weighted by molar-refractivity contribution is 0.239. The van der Waals surface area contributed by atoms with Crippen molar-refractivity contribution in [2.75, 3.05) is 7.05 Å². The molecular weight excluding hydrogens is 294 g/mol. The van der Waals surface area contributed by atoms with Gasteiger partial charge in [-0.3, -0.25) is 0 Å². The van der Waals surface area contributed by atoms with Crippen LogP contribution < -0.4 is 0 Å². The van der Waals surface area contributed by atoms with E-state index in [0.717, 1.165) is 24.8 Å². The minimum absolute atomic E-state index is 0.114. The maximum absolute atomic E-state index is 12.7. The highest BCUT2D eigenvalue weighted by molar-refractivity contribution is 7.89. The van der Waals surface area contributed by atoms with Gasteiger partial charge in [0.25, 0.3) is 0 Å². The fourth-order valence-corrected chi connectivity index (χ4v) is 4.52. The van der Waals surface area contributed by atoms with E-state index >= 15 is 0 Å². The second-order valence-electron chi connectivity index (χ2n) is 5.73. The Morgan fingerprint density at radius 1 is 1.35 bits per heavy atom. The Balaban J connectivity index is 2.24. The van der Waals surface area contributed by atoms with Gasteiger partial charge in [-0.15, -0.1) is 11.6 Å². The van der Waals surface area contributed by atoms with E-state index in [1.54, 1.807) is 29.6 Å². The van der Waals surface area contributed by atoms with Crippen LogP contribution in [0.25, 0.3) is 0 Å². The second-order valence-corrected chi connectivity index (χ2v) is 7.99. The molecule has 1 aliphatic carbocycles. The smallest absolute Gasteiger partial charge is 0.207 e. The van der Waals surface area contributed by atoms with Gasteiger partial charge in [0.05, 0.1) is 4.90 Å². The lowest BCUT2D eigenvalue weighted by atomic mass is 9.87. The van der Waals surface area contributed by atoms with Crippen molar-refractivity contribution in [1.82, 2.24) is 4.31 Å².